The van der Waals surface area contributed by atoms with Gasteiger partial charge in [0.25, 0.3) is 0 Å². The van der Waals surface area contributed by atoms with Gasteiger partial charge in [0.15, 0.2) is 0 Å². The first-order valence-corrected chi connectivity index (χ1v) is 6.79. The van der Waals surface area contributed by atoms with Crippen molar-refractivity contribution in [2.75, 3.05) is 13.1 Å². The van der Waals surface area contributed by atoms with Crippen LogP contribution in [0.2, 0.25) is 0 Å². The van der Waals surface area contributed by atoms with E-state index in [1.165, 1.54) is 5.56 Å². The van der Waals surface area contributed by atoms with Gasteiger partial charge < -0.3 is 15.3 Å². The SMILES string of the molecule is CC1(C)C(O)CCN1C(=O)NCCc1ccccc1. The number of aliphatic hydroxyl groups is 1. The molecule has 1 fully saturated rings. The molecule has 1 unspecified atom stereocenters. The van der Waals surface area contributed by atoms with Crippen molar-refractivity contribution in [3.8, 4) is 0 Å². The molecule has 2 rings (SSSR count). The largest absolute Gasteiger partial charge is 0.391 e. The highest BCUT2D eigenvalue weighted by molar-refractivity contribution is 5.75. The van der Waals surface area contributed by atoms with Gasteiger partial charge in [-0.3, -0.25) is 0 Å². The molecule has 2 N–H and O–H groups in total. The van der Waals surface area contributed by atoms with Gasteiger partial charge in [0, 0.05) is 13.1 Å². The van der Waals surface area contributed by atoms with Crippen LogP contribution in [0.5, 0.6) is 0 Å². The van der Waals surface area contributed by atoms with E-state index in [1.54, 1.807) is 4.90 Å². The van der Waals surface area contributed by atoms with E-state index in [1.807, 2.05) is 32.0 Å². The summed E-state index contributed by atoms with van der Waals surface area (Å²) in [6.45, 7) is 5.04. The number of hydrogen-bond acceptors (Lipinski definition) is 2. The maximum Gasteiger partial charge on any atom is 0.317 e. The van der Waals surface area contributed by atoms with Crippen LogP contribution >= 0.6 is 0 Å². The van der Waals surface area contributed by atoms with Crippen molar-refractivity contribution in [2.24, 2.45) is 0 Å². The average molecular weight is 262 g/mol. The zero-order chi connectivity index (χ0) is 13.9. The summed E-state index contributed by atoms with van der Waals surface area (Å²) < 4.78 is 0. The number of urea groups is 1. The summed E-state index contributed by atoms with van der Waals surface area (Å²) in [6, 6.07) is 9.99. The standard InChI is InChI=1S/C15H22N2O2/c1-15(2)13(18)9-11-17(15)14(19)16-10-8-12-6-4-3-5-7-12/h3-7,13,18H,8-11H2,1-2H3,(H,16,19). The first-order chi connectivity index (χ1) is 9.01. The summed E-state index contributed by atoms with van der Waals surface area (Å²) in [6.07, 6.45) is 1.04. The molecule has 1 heterocycles. The molecular formula is C15H22N2O2. The highest BCUT2D eigenvalue weighted by atomic mass is 16.3. The minimum Gasteiger partial charge on any atom is -0.391 e. The summed E-state index contributed by atoms with van der Waals surface area (Å²) in [5.74, 6) is 0. The number of nitrogens with one attached hydrogen (secondary N) is 1. The van der Waals surface area contributed by atoms with Crippen LogP contribution in [-0.2, 0) is 6.42 Å². The van der Waals surface area contributed by atoms with E-state index in [4.69, 9.17) is 0 Å². The van der Waals surface area contributed by atoms with E-state index in [0.29, 0.717) is 19.5 Å². The molecule has 1 saturated heterocycles. The number of nitrogens with zero attached hydrogens (tertiary/aromatic N) is 1. The fourth-order valence-corrected chi connectivity index (χ4v) is 2.49. The number of carbonyl (C=O) groups is 1. The fourth-order valence-electron chi connectivity index (χ4n) is 2.49. The first-order valence-electron chi connectivity index (χ1n) is 6.79. The Balaban J connectivity index is 1.82. The lowest BCUT2D eigenvalue weighted by atomic mass is 9.99. The van der Waals surface area contributed by atoms with Gasteiger partial charge in [0.05, 0.1) is 11.6 Å². The minimum atomic E-state index is -0.475. The lowest BCUT2D eigenvalue weighted by Gasteiger charge is -2.33. The zero-order valence-corrected chi connectivity index (χ0v) is 11.6. The molecule has 2 amide bonds. The minimum absolute atomic E-state index is 0.0857. The fraction of sp³-hybridized carbons (Fsp3) is 0.533. The van der Waals surface area contributed by atoms with Crippen molar-refractivity contribution in [1.29, 1.82) is 0 Å². The molecule has 0 saturated carbocycles. The third-order valence-corrected chi connectivity index (χ3v) is 3.92. The molecule has 0 spiro atoms. The zero-order valence-electron chi connectivity index (χ0n) is 11.6. The lowest BCUT2D eigenvalue weighted by Crippen LogP contribution is -2.52. The van der Waals surface area contributed by atoms with E-state index in [9.17, 15) is 9.90 Å². The number of rotatable bonds is 3. The molecular weight excluding hydrogens is 240 g/mol. The Hall–Kier alpha value is -1.55. The molecule has 104 valence electrons. The molecule has 1 aromatic carbocycles. The van der Waals surface area contributed by atoms with E-state index >= 15 is 0 Å². The molecule has 4 nitrogen and oxygen atoms in total. The van der Waals surface area contributed by atoms with Crippen LogP contribution in [0, 0.1) is 0 Å². The number of aliphatic hydroxyl groups excluding tert-OH is 1. The molecule has 4 heteroatoms. The van der Waals surface area contributed by atoms with Crippen LogP contribution in [0.3, 0.4) is 0 Å². The van der Waals surface area contributed by atoms with E-state index in [2.05, 4.69) is 17.4 Å². The Bertz CT molecular complexity index is 431. The number of hydrogen-bond donors (Lipinski definition) is 2. The Morgan fingerprint density at radius 1 is 1.42 bits per heavy atom. The van der Waals surface area contributed by atoms with Crippen molar-refractivity contribution in [3.63, 3.8) is 0 Å². The Morgan fingerprint density at radius 3 is 2.68 bits per heavy atom. The normalized spacial score (nSPS) is 21.4. The second kappa shape index (κ2) is 5.61. The van der Waals surface area contributed by atoms with Gasteiger partial charge in [-0.2, -0.15) is 0 Å². The molecule has 1 aromatic rings. The van der Waals surface area contributed by atoms with Gasteiger partial charge in [-0.25, -0.2) is 4.79 Å². The van der Waals surface area contributed by atoms with Crippen molar-refractivity contribution < 1.29 is 9.90 Å². The Kier molecular flexibility index (Phi) is 4.10. The highest BCUT2D eigenvalue weighted by Gasteiger charge is 2.42. The van der Waals surface area contributed by atoms with Crippen molar-refractivity contribution in [1.82, 2.24) is 10.2 Å². The Morgan fingerprint density at radius 2 is 2.11 bits per heavy atom. The van der Waals surface area contributed by atoms with Crippen LogP contribution in [0.25, 0.3) is 0 Å². The van der Waals surface area contributed by atoms with Gasteiger partial charge >= 0.3 is 6.03 Å². The second-order valence-electron chi connectivity index (χ2n) is 5.58. The van der Waals surface area contributed by atoms with Gasteiger partial charge in [-0.15, -0.1) is 0 Å². The van der Waals surface area contributed by atoms with E-state index in [0.717, 1.165) is 6.42 Å². The smallest absolute Gasteiger partial charge is 0.317 e. The summed E-state index contributed by atoms with van der Waals surface area (Å²) in [4.78, 5) is 13.8. The van der Waals surface area contributed by atoms with Crippen LogP contribution in [0.4, 0.5) is 4.79 Å². The Labute approximate surface area is 114 Å². The van der Waals surface area contributed by atoms with Crippen LogP contribution in [0.15, 0.2) is 30.3 Å². The molecule has 1 aliphatic rings. The molecule has 0 aromatic heterocycles. The van der Waals surface area contributed by atoms with Crippen LogP contribution in [-0.4, -0.2) is 40.8 Å². The number of likely N-dealkylation sites (tertiary alicyclic amines) is 1. The highest BCUT2D eigenvalue weighted by Crippen LogP contribution is 2.28. The molecule has 0 radical (unpaired) electrons. The maximum atomic E-state index is 12.1. The molecule has 1 atom stereocenters. The topological polar surface area (TPSA) is 52.6 Å². The third kappa shape index (κ3) is 3.07. The predicted octanol–water partition coefficient (Wildman–Crippen LogP) is 1.78. The molecule has 0 aliphatic carbocycles. The predicted molar refractivity (Wildman–Crippen MR) is 75.0 cm³/mol. The number of benzene rings is 1. The lowest BCUT2D eigenvalue weighted by molar-refractivity contribution is 0.0698. The second-order valence-corrected chi connectivity index (χ2v) is 5.58. The summed E-state index contributed by atoms with van der Waals surface area (Å²) in [5.41, 5.74) is 0.736. The van der Waals surface area contributed by atoms with Gasteiger partial charge in [-0.05, 0) is 32.3 Å². The van der Waals surface area contributed by atoms with Gasteiger partial charge in [0.1, 0.15) is 0 Å². The quantitative estimate of drug-likeness (QED) is 0.872. The van der Waals surface area contributed by atoms with E-state index in [-0.39, 0.29) is 6.03 Å². The number of amides is 2. The first kappa shape index (κ1) is 13.9. The van der Waals surface area contributed by atoms with E-state index < -0.39 is 11.6 Å². The monoisotopic (exact) mass is 262 g/mol. The maximum absolute atomic E-state index is 12.1. The van der Waals surface area contributed by atoms with Crippen LogP contribution < -0.4 is 5.32 Å². The molecule has 1 aliphatic heterocycles. The van der Waals surface area contributed by atoms with Crippen LogP contribution in [0.1, 0.15) is 25.8 Å². The third-order valence-electron chi connectivity index (χ3n) is 3.92. The summed E-state index contributed by atoms with van der Waals surface area (Å²) >= 11 is 0. The molecule has 0 bridgehead atoms. The van der Waals surface area contributed by atoms with Crippen molar-refractivity contribution in [3.05, 3.63) is 35.9 Å². The van der Waals surface area contributed by atoms with Gasteiger partial charge in [-0.1, -0.05) is 30.3 Å². The molecule has 19 heavy (non-hydrogen) atoms. The number of carbonyl (C=O) groups excluding carboxylic acids is 1. The van der Waals surface area contributed by atoms with Gasteiger partial charge in [0.2, 0.25) is 0 Å². The van der Waals surface area contributed by atoms with Crippen molar-refractivity contribution in [2.45, 2.75) is 38.3 Å². The average Bonchev–Trinajstić information content (AvgIpc) is 2.65. The summed E-state index contributed by atoms with van der Waals surface area (Å²) in [5, 5.41) is 12.8. The van der Waals surface area contributed by atoms with Crippen molar-refractivity contribution >= 4 is 6.03 Å². The summed E-state index contributed by atoms with van der Waals surface area (Å²) in [7, 11) is 0.